The number of sulfonamides is 1. The van der Waals surface area contributed by atoms with E-state index in [9.17, 15) is 8.42 Å². The first-order valence-corrected chi connectivity index (χ1v) is 10.2. The zero-order valence-corrected chi connectivity index (χ0v) is 15.4. The summed E-state index contributed by atoms with van der Waals surface area (Å²) in [5.74, 6) is 0.413. The Balaban J connectivity index is 1.68. The third-order valence-electron chi connectivity index (χ3n) is 5.42. The van der Waals surface area contributed by atoms with E-state index in [0.717, 1.165) is 12.0 Å². The van der Waals surface area contributed by atoms with Gasteiger partial charge in [0.15, 0.2) is 0 Å². The maximum Gasteiger partial charge on any atom is 0.245 e. The molecule has 0 aliphatic carbocycles. The van der Waals surface area contributed by atoms with E-state index >= 15 is 0 Å². The fraction of sp³-hybridized carbons (Fsp3) is 0.400. The molecule has 4 nitrogen and oxygen atoms in total. The monoisotopic (exact) mass is 357 g/mol. The molecule has 132 valence electrons. The molecule has 0 radical (unpaired) electrons. The summed E-state index contributed by atoms with van der Waals surface area (Å²) in [5, 5.41) is 0. The molecule has 4 rings (SSSR count). The lowest BCUT2D eigenvalue weighted by Crippen LogP contribution is -2.37. The molecule has 0 unspecified atom stereocenters. The number of aryl methyl sites for hydroxylation is 2. The van der Waals surface area contributed by atoms with E-state index in [1.165, 1.54) is 11.1 Å². The van der Waals surface area contributed by atoms with E-state index in [1.807, 2.05) is 19.1 Å². The predicted octanol–water partition coefficient (Wildman–Crippen LogP) is 3.45. The van der Waals surface area contributed by atoms with Gasteiger partial charge >= 0.3 is 0 Å². The van der Waals surface area contributed by atoms with Gasteiger partial charge in [-0.2, -0.15) is 4.31 Å². The van der Waals surface area contributed by atoms with E-state index in [1.54, 1.807) is 16.4 Å². The van der Waals surface area contributed by atoms with Crippen LogP contribution in [0.4, 0.5) is 0 Å². The molecule has 2 heterocycles. The topological polar surface area (TPSA) is 46.6 Å². The molecule has 0 N–H and O–H groups in total. The fourth-order valence-electron chi connectivity index (χ4n) is 3.97. The third kappa shape index (κ3) is 2.90. The summed E-state index contributed by atoms with van der Waals surface area (Å²) in [4.78, 5) is 0.344. The summed E-state index contributed by atoms with van der Waals surface area (Å²) < 4.78 is 33.7. The second-order valence-electron chi connectivity index (χ2n) is 7.12. The molecule has 0 saturated carbocycles. The Labute approximate surface area is 149 Å². The molecule has 2 aliphatic heterocycles. The van der Waals surface area contributed by atoms with Crippen LogP contribution in [0.5, 0.6) is 0 Å². The first kappa shape index (κ1) is 16.8. The van der Waals surface area contributed by atoms with Crippen LogP contribution in [-0.2, 0) is 14.8 Å². The van der Waals surface area contributed by atoms with Crippen molar-refractivity contribution >= 4 is 10.0 Å². The number of nitrogens with zero attached hydrogens (tertiary/aromatic N) is 1. The summed E-state index contributed by atoms with van der Waals surface area (Å²) in [6.07, 6.45) is 0.556. The molecule has 5 heteroatoms. The van der Waals surface area contributed by atoms with Gasteiger partial charge in [-0.1, -0.05) is 47.5 Å². The molecule has 0 bridgehead atoms. The van der Waals surface area contributed by atoms with Gasteiger partial charge in [0.1, 0.15) is 6.23 Å². The Morgan fingerprint density at radius 2 is 1.56 bits per heavy atom. The van der Waals surface area contributed by atoms with Crippen LogP contribution in [-0.4, -0.2) is 32.1 Å². The van der Waals surface area contributed by atoms with Crippen molar-refractivity contribution in [1.82, 2.24) is 4.31 Å². The normalized spacial score (nSPS) is 26.7. The van der Waals surface area contributed by atoms with Crippen molar-refractivity contribution in [2.75, 3.05) is 13.2 Å². The second kappa shape index (κ2) is 6.24. The van der Waals surface area contributed by atoms with E-state index < -0.39 is 10.0 Å². The second-order valence-corrected chi connectivity index (χ2v) is 9.01. The zero-order chi connectivity index (χ0) is 17.6. The molecule has 2 saturated heterocycles. The quantitative estimate of drug-likeness (QED) is 0.845. The van der Waals surface area contributed by atoms with E-state index in [-0.39, 0.29) is 18.1 Å². The van der Waals surface area contributed by atoms with Crippen LogP contribution in [0, 0.1) is 19.8 Å². The van der Waals surface area contributed by atoms with E-state index in [0.29, 0.717) is 18.0 Å². The highest BCUT2D eigenvalue weighted by molar-refractivity contribution is 7.89. The van der Waals surface area contributed by atoms with Crippen molar-refractivity contribution < 1.29 is 13.2 Å². The lowest BCUT2D eigenvalue weighted by Gasteiger charge is -2.22. The summed E-state index contributed by atoms with van der Waals surface area (Å²) in [6, 6.07) is 15.5. The van der Waals surface area contributed by atoms with Gasteiger partial charge in [0.2, 0.25) is 10.0 Å². The van der Waals surface area contributed by atoms with Gasteiger partial charge < -0.3 is 4.74 Å². The maximum absolute atomic E-state index is 13.2. The maximum atomic E-state index is 13.2. The highest BCUT2D eigenvalue weighted by Gasteiger charge is 2.50. The van der Waals surface area contributed by atoms with Crippen molar-refractivity contribution in [2.24, 2.45) is 5.92 Å². The lowest BCUT2D eigenvalue weighted by atomic mass is 9.87. The van der Waals surface area contributed by atoms with Gasteiger partial charge in [0, 0.05) is 25.0 Å². The number of fused-ring (bicyclic) bond motifs is 1. The molecular formula is C20H23NO3S. The van der Waals surface area contributed by atoms with Crippen LogP contribution in [0.25, 0.3) is 0 Å². The van der Waals surface area contributed by atoms with Crippen LogP contribution in [0.1, 0.15) is 29.0 Å². The van der Waals surface area contributed by atoms with Gasteiger partial charge in [-0.15, -0.1) is 0 Å². The number of hydrogen-bond donors (Lipinski definition) is 0. The van der Waals surface area contributed by atoms with Crippen molar-refractivity contribution in [3.05, 3.63) is 65.2 Å². The standard InChI is InChI=1S/C20H23NO3S/c1-14-3-7-16(8-4-14)19-13-21(20-18(19)11-12-24-20)25(22,23)17-9-5-15(2)6-10-17/h3-10,18-20H,11-13H2,1-2H3/t18-,19-,20-/m1/s1. The van der Waals surface area contributed by atoms with Gasteiger partial charge in [-0.25, -0.2) is 8.42 Å². The Morgan fingerprint density at radius 1 is 0.960 bits per heavy atom. The fourth-order valence-corrected chi connectivity index (χ4v) is 5.57. The molecule has 0 aromatic heterocycles. The summed E-state index contributed by atoms with van der Waals surface area (Å²) in [5.41, 5.74) is 3.46. The Hall–Kier alpha value is -1.69. The summed E-state index contributed by atoms with van der Waals surface area (Å²) >= 11 is 0. The van der Waals surface area contributed by atoms with Crippen LogP contribution in [0.3, 0.4) is 0 Å². The van der Waals surface area contributed by atoms with Crippen LogP contribution in [0.15, 0.2) is 53.4 Å². The Kier molecular flexibility index (Phi) is 4.18. The molecule has 2 aromatic carbocycles. The van der Waals surface area contributed by atoms with Crippen LogP contribution >= 0.6 is 0 Å². The predicted molar refractivity (Wildman–Crippen MR) is 96.8 cm³/mol. The van der Waals surface area contributed by atoms with E-state index in [2.05, 4.69) is 31.2 Å². The van der Waals surface area contributed by atoms with Crippen molar-refractivity contribution in [3.63, 3.8) is 0 Å². The molecule has 2 fully saturated rings. The van der Waals surface area contributed by atoms with Crippen molar-refractivity contribution in [2.45, 2.75) is 37.3 Å². The number of hydrogen-bond acceptors (Lipinski definition) is 3. The molecule has 25 heavy (non-hydrogen) atoms. The smallest absolute Gasteiger partial charge is 0.245 e. The number of benzene rings is 2. The SMILES string of the molecule is Cc1ccc([C@H]2CN(S(=O)(=O)c3ccc(C)cc3)[C@@H]3OCC[C@H]23)cc1. The molecule has 3 atom stereocenters. The van der Waals surface area contributed by atoms with Crippen molar-refractivity contribution in [1.29, 1.82) is 0 Å². The highest BCUT2D eigenvalue weighted by Crippen LogP contribution is 2.45. The Bertz CT molecular complexity index is 859. The average molecular weight is 357 g/mol. The molecular weight excluding hydrogens is 334 g/mol. The largest absolute Gasteiger partial charge is 0.362 e. The highest BCUT2D eigenvalue weighted by atomic mass is 32.2. The van der Waals surface area contributed by atoms with Crippen molar-refractivity contribution in [3.8, 4) is 0 Å². The average Bonchev–Trinajstić information content (AvgIpc) is 3.18. The minimum absolute atomic E-state index is 0.188. The summed E-state index contributed by atoms with van der Waals surface area (Å²) in [6.45, 7) is 5.12. The van der Waals surface area contributed by atoms with Gasteiger partial charge in [0.25, 0.3) is 0 Å². The lowest BCUT2D eigenvalue weighted by molar-refractivity contribution is 0.0359. The van der Waals surface area contributed by atoms with Crippen LogP contribution in [0.2, 0.25) is 0 Å². The van der Waals surface area contributed by atoms with Crippen LogP contribution < -0.4 is 0 Å². The molecule has 2 aliphatic rings. The van der Waals surface area contributed by atoms with Gasteiger partial charge in [-0.3, -0.25) is 0 Å². The number of ether oxygens (including phenoxy) is 1. The van der Waals surface area contributed by atoms with E-state index in [4.69, 9.17) is 4.74 Å². The minimum atomic E-state index is -3.55. The Morgan fingerprint density at radius 3 is 2.20 bits per heavy atom. The first-order valence-electron chi connectivity index (χ1n) is 8.73. The summed E-state index contributed by atoms with van der Waals surface area (Å²) in [7, 11) is -3.55. The first-order chi connectivity index (χ1) is 12.0. The third-order valence-corrected chi connectivity index (χ3v) is 7.26. The van der Waals surface area contributed by atoms with Gasteiger partial charge in [-0.05, 0) is 38.0 Å². The molecule has 2 aromatic rings. The molecule has 0 spiro atoms. The van der Waals surface area contributed by atoms with Gasteiger partial charge in [0.05, 0.1) is 4.90 Å². The molecule has 0 amide bonds. The zero-order valence-electron chi connectivity index (χ0n) is 14.6. The number of rotatable bonds is 3. The minimum Gasteiger partial charge on any atom is -0.362 e.